The smallest absolute Gasteiger partial charge is 0.504 e. The van der Waals surface area contributed by atoms with Crippen LogP contribution in [-0.4, -0.2) is 88.6 Å². The summed E-state index contributed by atoms with van der Waals surface area (Å²) in [6.07, 6.45) is -5.08. The van der Waals surface area contributed by atoms with Crippen molar-refractivity contribution in [2.24, 2.45) is 0 Å². The molecule has 0 radical (unpaired) electrons. The number of allylic oxidation sites excluding steroid dienone is 3. The molecule has 1 saturated heterocycles. The number of anilines is 1. The van der Waals surface area contributed by atoms with E-state index in [1.807, 2.05) is 0 Å². The van der Waals surface area contributed by atoms with E-state index in [4.69, 9.17) is 21.1 Å². The van der Waals surface area contributed by atoms with Crippen molar-refractivity contribution in [3.63, 3.8) is 0 Å². The lowest BCUT2D eigenvalue weighted by Crippen LogP contribution is -2.59. The van der Waals surface area contributed by atoms with Gasteiger partial charge in [-0.2, -0.15) is 0 Å². The molecule has 17 heteroatoms. The highest BCUT2D eigenvalue weighted by atomic mass is 35.5. The number of benzene rings is 2. The SMILES string of the molecule is C=C(C/C(OC)=C(O)\C=C/C)C1(N2C[C@H](F)CC2C(=O)N(C)C)C(=O)N(S(=O)(=O)c2ccc(OC)cc2OC(F)(F)F)c2ccc(Cl)cc21. The first kappa shape index (κ1) is 37.5. The average Bonchev–Trinajstić information content (AvgIpc) is 3.52. The van der Waals surface area contributed by atoms with Gasteiger partial charge in [-0.3, -0.25) is 14.5 Å². The first-order chi connectivity index (χ1) is 22.8. The van der Waals surface area contributed by atoms with Crippen LogP contribution in [0, 0.1) is 0 Å². The molecule has 49 heavy (non-hydrogen) atoms. The van der Waals surface area contributed by atoms with Crippen LogP contribution >= 0.6 is 11.6 Å². The number of alkyl halides is 4. The number of carbonyl (C=O) groups is 2. The molecule has 0 aliphatic carbocycles. The predicted octanol–water partition coefficient (Wildman–Crippen LogP) is 5.62. The maximum absolute atomic E-state index is 15.4. The van der Waals surface area contributed by atoms with E-state index in [0.717, 1.165) is 25.3 Å². The standard InChI is InChI=1S/C32H34ClF4N3O8S/c1-7-8-25(41)26(47-6)13-18(2)31(39-17-20(34)15-24(39)29(42)38(3)4)22-14-19(33)9-11-23(22)40(30(31)43)49(44,45)28-12-10-21(46-5)16-27(28)48-32(35,36)37/h7-12,14,16,20,24,41H,2,13,15,17H2,1,3-6H3/b8-7-,26-25-/t20-,24?,31?/m1/s1. The number of sulfonamides is 1. The summed E-state index contributed by atoms with van der Waals surface area (Å²) in [5.41, 5.74) is -3.07. The fourth-order valence-electron chi connectivity index (χ4n) is 6.07. The number of halogens is 5. The van der Waals surface area contributed by atoms with E-state index in [-0.39, 0.29) is 49.8 Å². The van der Waals surface area contributed by atoms with Crippen molar-refractivity contribution >= 4 is 39.1 Å². The van der Waals surface area contributed by atoms with E-state index in [1.54, 1.807) is 6.92 Å². The Labute approximate surface area is 285 Å². The molecule has 0 bridgehead atoms. The highest BCUT2D eigenvalue weighted by Crippen LogP contribution is 2.55. The molecule has 2 unspecified atom stereocenters. The highest BCUT2D eigenvalue weighted by molar-refractivity contribution is 7.93. The molecule has 3 atom stereocenters. The average molecular weight is 732 g/mol. The topological polar surface area (TPSA) is 126 Å². The summed E-state index contributed by atoms with van der Waals surface area (Å²) in [7, 11) is -0.106. The first-order valence-corrected chi connectivity index (χ1v) is 16.4. The number of nitrogens with zero attached hydrogens (tertiary/aromatic N) is 3. The largest absolute Gasteiger partial charge is 0.573 e. The maximum Gasteiger partial charge on any atom is 0.573 e. The van der Waals surface area contributed by atoms with Gasteiger partial charge in [0.1, 0.15) is 22.6 Å². The van der Waals surface area contributed by atoms with Crippen molar-refractivity contribution in [3.8, 4) is 11.5 Å². The first-order valence-electron chi connectivity index (χ1n) is 14.6. The lowest BCUT2D eigenvalue weighted by atomic mass is 9.79. The van der Waals surface area contributed by atoms with E-state index < -0.39 is 69.6 Å². The third kappa shape index (κ3) is 6.81. The van der Waals surface area contributed by atoms with Crippen LogP contribution in [-0.2, 0) is 29.9 Å². The number of likely N-dealkylation sites (N-methyl/N-ethyl adjacent to an activating group) is 1. The zero-order valence-corrected chi connectivity index (χ0v) is 28.6. The molecule has 266 valence electrons. The number of carbonyl (C=O) groups excluding carboxylic acids is 2. The monoisotopic (exact) mass is 731 g/mol. The second-order valence-corrected chi connectivity index (χ2v) is 13.5. The van der Waals surface area contributed by atoms with Gasteiger partial charge in [0.2, 0.25) is 5.91 Å². The molecule has 2 aromatic carbocycles. The number of amides is 2. The van der Waals surface area contributed by atoms with Gasteiger partial charge in [0, 0.05) is 50.1 Å². The van der Waals surface area contributed by atoms with Gasteiger partial charge in [0.05, 0.1) is 25.9 Å². The fourth-order valence-corrected chi connectivity index (χ4v) is 7.80. The summed E-state index contributed by atoms with van der Waals surface area (Å²) >= 11 is 6.40. The van der Waals surface area contributed by atoms with E-state index >= 15 is 9.18 Å². The van der Waals surface area contributed by atoms with Gasteiger partial charge in [-0.15, -0.1) is 13.2 Å². The van der Waals surface area contributed by atoms with Crippen molar-refractivity contribution in [3.05, 3.63) is 82.8 Å². The number of likely N-dealkylation sites (tertiary alicyclic amines) is 1. The van der Waals surface area contributed by atoms with Gasteiger partial charge < -0.3 is 24.2 Å². The number of ether oxygens (including phenoxy) is 3. The summed E-state index contributed by atoms with van der Waals surface area (Å²) in [5.74, 6) is -3.83. The van der Waals surface area contributed by atoms with Crippen LogP contribution in [0.25, 0.3) is 0 Å². The van der Waals surface area contributed by atoms with Gasteiger partial charge in [-0.1, -0.05) is 24.3 Å². The van der Waals surface area contributed by atoms with E-state index in [0.29, 0.717) is 6.07 Å². The molecular weight excluding hydrogens is 698 g/mol. The minimum Gasteiger partial charge on any atom is -0.504 e. The van der Waals surface area contributed by atoms with Crippen molar-refractivity contribution in [2.75, 3.05) is 39.2 Å². The molecule has 1 fully saturated rings. The fraction of sp³-hybridized carbons (Fsp3) is 0.375. The Hall–Kier alpha value is -4.28. The quantitative estimate of drug-likeness (QED) is 0.136. The summed E-state index contributed by atoms with van der Waals surface area (Å²) in [4.78, 5) is 29.9. The highest BCUT2D eigenvalue weighted by Gasteiger charge is 2.64. The van der Waals surface area contributed by atoms with Crippen LogP contribution in [0.4, 0.5) is 23.2 Å². The number of aliphatic hydroxyl groups is 1. The van der Waals surface area contributed by atoms with Crippen LogP contribution in [0.15, 0.2) is 77.1 Å². The molecule has 0 spiro atoms. The number of hydrogen-bond donors (Lipinski definition) is 1. The van der Waals surface area contributed by atoms with Crippen LogP contribution in [0.1, 0.15) is 25.3 Å². The summed E-state index contributed by atoms with van der Waals surface area (Å²) < 4.78 is 99.6. The molecule has 1 N–H and O–H groups in total. The van der Waals surface area contributed by atoms with Crippen LogP contribution in [0.3, 0.4) is 0 Å². The van der Waals surface area contributed by atoms with E-state index in [9.17, 15) is 31.5 Å². The second-order valence-electron chi connectivity index (χ2n) is 11.3. The van der Waals surface area contributed by atoms with Crippen LogP contribution in [0.5, 0.6) is 11.5 Å². The van der Waals surface area contributed by atoms with Crippen LogP contribution < -0.4 is 13.8 Å². The molecular formula is C32H34ClF4N3O8S. The molecule has 4 rings (SSSR count). The van der Waals surface area contributed by atoms with Crippen LogP contribution in [0.2, 0.25) is 5.02 Å². The minimum atomic E-state index is -5.35. The number of fused-ring (bicyclic) bond motifs is 1. The van der Waals surface area contributed by atoms with Crippen molar-refractivity contribution in [1.82, 2.24) is 9.80 Å². The Balaban J connectivity index is 2.08. The Morgan fingerprint density at radius 2 is 1.88 bits per heavy atom. The van der Waals surface area contributed by atoms with Gasteiger partial charge in [-0.25, -0.2) is 17.1 Å². The lowest BCUT2D eigenvalue weighted by molar-refractivity contribution is -0.275. The summed E-state index contributed by atoms with van der Waals surface area (Å²) in [5, 5.41) is 10.7. The Kier molecular flexibility index (Phi) is 10.7. The molecule has 11 nitrogen and oxygen atoms in total. The Morgan fingerprint density at radius 1 is 1.20 bits per heavy atom. The van der Waals surface area contributed by atoms with Crippen molar-refractivity contribution < 1.29 is 54.9 Å². The maximum atomic E-state index is 15.4. The second kappa shape index (κ2) is 13.9. The molecule has 2 aromatic rings. The third-order valence-corrected chi connectivity index (χ3v) is 10.1. The number of aliphatic hydroxyl groups excluding tert-OH is 1. The van der Waals surface area contributed by atoms with E-state index in [2.05, 4.69) is 11.3 Å². The molecule has 2 aliphatic rings. The van der Waals surface area contributed by atoms with Gasteiger partial charge in [0.15, 0.2) is 17.0 Å². The van der Waals surface area contributed by atoms with Gasteiger partial charge in [-0.05, 0) is 48.9 Å². The van der Waals surface area contributed by atoms with Crippen molar-refractivity contribution in [2.45, 2.75) is 48.8 Å². The molecule has 2 amide bonds. The summed E-state index contributed by atoms with van der Waals surface area (Å²) in [6.45, 7) is 5.14. The number of methoxy groups -OCH3 is 2. The molecule has 2 heterocycles. The number of rotatable bonds is 11. The van der Waals surface area contributed by atoms with Gasteiger partial charge >= 0.3 is 6.36 Å². The third-order valence-electron chi connectivity index (χ3n) is 8.10. The predicted molar refractivity (Wildman–Crippen MR) is 171 cm³/mol. The Bertz CT molecular complexity index is 1830. The van der Waals surface area contributed by atoms with E-state index in [1.165, 1.54) is 55.3 Å². The summed E-state index contributed by atoms with van der Waals surface area (Å²) in [6, 6.07) is 4.83. The molecule has 2 aliphatic heterocycles. The molecule has 0 saturated carbocycles. The number of hydrogen-bond acceptors (Lipinski definition) is 9. The molecule has 0 aromatic heterocycles. The van der Waals surface area contributed by atoms with Gasteiger partial charge in [0.25, 0.3) is 15.9 Å². The Morgan fingerprint density at radius 3 is 2.45 bits per heavy atom. The zero-order chi connectivity index (χ0) is 36.6. The zero-order valence-electron chi connectivity index (χ0n) is 27.0. The normalized spacial score (nSPS) is 21.8. The van der Waals surface area contributed by atoms with Crippen molar-refractivity contribution in [1.29, 1.82) is 0 Å². The minimum absolute atomic E-state index is 0.000679. The lowest BCUT2D eigenvalue weighted by Gasteiger charge is -2.42.